The van der Waals surface area contributed by atoms with Crippen LogP contribution in [0.1, 0.15) is 58.9 Å². The molecule has 0 bridgehead atoms. The van der Waals surface area contributed by atoms with Gasteiger partial charge in [-0.15, -0.1) is 0 Å². The Bertz CT molecular complexity index is 796. The fourth-order valence-corrected chi connectivity index (χ4v) is 2.85. The second-order valence-corrected chi connectivity index (χ2v) is 7.33. The number of hydrogen-bond donors (Lipinski definition) is 1. The third-order valence-corrected chi connectivity index (χ3v) is 4.76. The van der Waals surface area contributed by atoms with Crippen LogP contribution in [0.2, 0.25) is 0 Å². The van der Waals surface area contributed by atoms with Gasteiger partial charge in [0.05, 0.1) is 6.61 Å². The van der Waals surface area contributed by atoms with Crippen LogP contribution in [0.4, 0.5) is 0 Å². The average molecular weight is 380 g/mol. The van der Waals surface area contributed by atoms with Crippen LogP contribution < -0.4 is 10.1 Å². The van der Waals surface area contributed by atoms with Gasteiger partial charge in [-0.1, -0.05) is 25.5 Å². The van der Waals surface area contributed by atoms with E-state index in [0.717, 1.165) is 37.0 Å². The summed E-state index contributed by atoms with van der Waals surface area (Å²) in [6.45, 7) is 3.30. The highest BCUT2D eigenvalue weighted by Gasteiger charge is 2.23. The maximum Gasteiger partial charge on any atom is 0.253 e. The fourth-order valence-electron chi connectivity index (χ4n) is 2.85. The van der Waals surface area contributed by atoms with Gasteiger partial charge < -0.3 is 15.0 Å². The van der Waals surface area contributed by atoms with Crippen molar-refractivity contribution in [3.8, 4) is 5.75 Å². The van der Waals surface area contributed by atoms with Crippen LogP contribution in [0.15, 0.2) is 48.5 Å². The maximum atomic E-state index is 12.6. The van der Waals surface area contributed by atoms with Gasteiger partial charge in [0.15, 0.2) is 0 Å². The van der Waals surface area contributed by atoms with E-state index in [2.05, 4.69) is 12.2 Å². The van der Waals surface area contributed by atoms with E-state index in [4.69, 9.17) is 4.74 Å². The molecular weight excluding hydrogens is 352 g/mol. The second kappa shape index (κ2) is 9.40. The van der Waals surface area contributed by atoms with E-state index in [0.29, 0.717) is 30.3 Å². The van der Waals surface area contributed by atoms with Crippen LogP contribution >= 0.6 is 0 Å². The third kappa shape index (κ3) is 5.59. The van der Waals surface area contributed by atoms with E-state index < -0.39 is 0 Å². The fraction of sp³-hybridized carbons (Fsp3) is 0.391. The molecular formula is C23H28N2O3. The molecule has 0 spiro atoms. The number of carbonyl (C=O) groups excluding carboxylic acids is 2. The molecule has 0 aliphatic heterocycles. The van der Waals surface area contributed by atoms with Crippen LogP contribution in [0.3, 0.4) is 0 Å². The van der Waals surface area contributed by atoms with Gasteiger partial charge in [0.2, 0.25) is 0 Å². The number of carbonyl (C=O) groups is 2. The Morgan fingerprint density at radius 3 is 2.29 bits per heavy atom. The molecule has 0 atom stereocenters. The minimum Gasteiger partial charge on any atom is -0.494 e. The quantitative estimate of drug-likeness (QED) is 0.668. The number of rotatable bonds is 9. The van der Waals surface area contributed by atoms with Crippen molar-refractivity contribution in [2.75, 3.05) is 13.7 Å². The monoisotopic (exact) mass is 380 g/mol. The van der Waals surface area contributed by atoms with Gasteiger partial charge >= 0.3 is 0 Å². The number of nitrogens with zero attached hydrogens (tertiary/aromatic N) is 1. The predicted octanol–water partition coefficient (Wildman–Crippen LogP) is 4.03. The normalized spacial score (nSPS) is 13.1. The lowest BCUT2D eigenvalue weighted by Crippen LogP contribution is -2.26. The zero-order chi connectivity index (χ0) is 19.9. The Hall–Kier alpha value is -2.82. The van der Waals surface area contributed by atoms with Crippen LogP contribution in [-0.4, -0.2) is 36.4 Å². The van der Waals surface area contributed by atoms with Crippen molar-refractivity contribution in [1.29, 1.82) is 0 Å². The van der Waals surface area contributed by atoms with Crippen LogP contribution in [0, 0.1) is 0 Å². The maximum absolute atomic E-state index is 12.6. The van der Waals surface area contributed by atoms with E-state index in [9.17, 15) is 9.59 Å². The highest BCUT2D eigenvalue weighted by atomic mass is 16.5. The van der Waals surface area contributed by atoms with Gasteiger partial charge in [-0.25, -0.2) is 0 Å². The summed E-state index contributed by atoms with van der Waals surface area (Å²) in [7, 11) is 1.78. The zero-order valence-electron chi connectivity index (χ0n) is 16.6. The predicted molar refractivity (Wildman–Crippen MR) is 110 cm³/mol. The van der Waals surface area contributed by atoms with Gasteiger partial charge in [-0.3, -0.25) is 9.59 Å². The first kappa shape index (κ1) is 19.9. The standard InChI is InChI=1S/C23H28N2O3/c1-3-4-15-28-21-13-9-19(10-14-21)23(27)25(2)16-17-5-7-18(8-6-17)22(26)24-20-11-12-20/h5-10,13-14,20H,3-4,11-12,15-16H2,1-2H3,(H,24,26). The first-order valence-corrected chi connectivity index (χ1v) is 9.95. The largest absolute Gasteiger partial charge is 0.494 e. The molecule has 1 saturated carbocycles. The lowest BCUT2D eigenvalue weighted by molar-refractivity contribution is 0.0784. The molecule has 5 heteroatoms. The molecule has 3 rings (SSSR count). The lowest BCUT2D eigenvalue weighted by atomic mass is 10.1. The van der Waals surface area contributed by atoms with Crippen LogP contribution in [0.25, 0.3) is 0 Å². The van der Waals surface area contributed by atoms with Crippen molar-refractivity contribution in [2.45, 2.75) is 45.2 Å². The highest BCUT2D eigenvalue weighted by molar-refractivity contribution is 5.95. The Kier molecular flexibility index (Phi) is 6.69. The van der Waals surface area contributed by atoms with E-state index in [1.165, 1.54) is 0 Å². The summed E-state index contributed by atoms with van der Waals surface area (Å²) in [6, 6.07) is 15.0. The minimum atomic E-state index is -0.0457. The molecule has 0 aromatic heterocycles. The van der Waals surface area contributed by atoms with Gasteiger partial charge in [-0.05, 0) is 61.2 Å². The molecule has 1 fully saturated rings. The summed E-state index contributed by atoms with van der Waals surface area (Å²) in [5, 5.41) is 2.98. The molecule has 148 valence electrons. The molecule has 1 aliphatic carbocycles. The summed E-state index contributed by atoms with van der Waals surface area (Å²) in [4.78, 5) is 26.4. The van der Waals surface area contributed by atoms with Crippen molar-refractivity contribution in [3.63, 3.8) is 0 Å². The Labute approximate surface area is 166 Å². The SMILES string of the molecule is CCCCOc1ccc(C(=O)N(C)Cc2ccc(C(=O)NC3CC3)cc2)cc1. The van der Waals surface area contributed by atoms with Crippen molar-refractivity contribution >= 4 is 11.8 Å². The Morgan fingerprint density at radius 1 is 1.04 bits per heavy atom. The summed E-state index contributed by atoms with van der Waals surface area (Å²) >= 11 is 0. The minimum absolute atomic E-state index is 0.0280. The molecule has 1 aliphatic rings. The van der Waals surface area contributed by atoms with Crippen molar-refractivity contribution in [1.82, 2.24) is 10.2 Å². The molecule has 0 heterocycles. The molecule has 0 unspecified atom stereocenters. The molecule has 0 radical (unpaired) electrons. The summed E-state index contributed by atoms with van der Waals surface area (Å²) in [5.41, 5.74) is 2.27. The van der Waals surface area contributed by atoms with E-state index in [1.54, 1.807) is 24.1 Å². The molecule has 2 aromatic carbocycles. The van der Waals surface area contributed by atoms with Crippen molar-refractivity contribution in [2.24, 2.45) is 0 Å². The van der Waals surface area contributed by atoms with Crippen molar-refractivity contribution in [3.05, 3.63) is 65.2 Å². The molecule has 2 amide bonds. The number of unbranched alkanes of at least 4 members (excludes halogenated alkanes) is 1. The smallest absolute Gasteiger partial charge is 0.253 e. The van der Waals surface area contributed by atoms with Crippen LogP contribution in [-0.2, 0) is 6.54 Å². The van der Waals surface area contributed by atoms with Crippen LogP contribution in [0.5, 0.6) is 5.75 Å². The Balaban J connectivity index is 1.53. The highest BCUT2D eigenvalue weighted by Crippen LogP contribution is 2.19. The zero-order valence-corrected chi connectivity index (χ0v) is 16.6. The summed E-state index contributed by atoms with van der Waals surface area (Å²) < 4.78 is 5.64. The van der Waals surface area contributed by atoms with Crippen molar-refractivity contribution < 1.29 is 14.3 Å². The first-order chi connectivity index (χ1) is 13.6. The second-order valence-electron chi connectivity index (χ2n) is 7.33. The Morgan fingerprint density at radius 2 is 1.68 bits per heavy atom. The number of amides is 2. The number of benzene rings is 2. The molecule has 5 nitrogen and oxygen atoms in total. The number of nitrogens with one attached hydrogen (secondary N) is 1. The molecule has 1 N–H and O–H groups in total. The van der Waals surface area contributed by atoms with E-state index >= 15 is 0 Å². The van der Waals surface area contributed by atoms with Gasteiger partial charge in [0.1, 0.15) is 5.75 Å². The number of ether oxygens (including phenoxy) is 1. The summed E-state index contributed by atoms with van der Waals surface area (Å²) in [6.07, 6.45) is 4.25. The van der Waals surface area contributed by atoms with Gasteiger partial charge in [0.25, 0.3) is 11.8 Å². The molecule has 2 aromatic rings. The topological polar surface area (TPSA) is 58.6 Å². The number of hydrogen-bond acceptors (Lipinski definition) is 3. The molecule has 28 heavy (non-hydrogen) atoms. The van der Waals surface area contributed by atoms with E-state index in [1.807, 2.05) is 36.4 Å². The summed E-state index contributed by atoms with van der Waals surface area (Å²) in [5.74, 6) is 0.711. The third-order valence-electron chi connectivity index (χ3n) is 4.76. The molecule has 0 saturated heterocycles. The van der Waals surface area contributed by atoms with Gasteiger partial charge in [-0.2, -0.15) is 0 Å². The lowest BCUT2D eigenvalue weighted by Gasteiger charge is -2.18. The average Bonchev–Trinajstić information content (AvgIpc) is 3.52. The van der Waals surface area contributed by atoms with Gasteiger partial charge in [0, 0.05) is 30.8 Å². The van der Waals surface area contributed by atoms with E-state index in [-0.39, 0.29) is 11.8 Å². The first-order valence-electron chi connectivity index (χ1n) is 9.95.